The van der Waals surface area contributed by atoms with Crippen molar-refractivity contribution in [3.8, 4) is 0 Å². The minimum Gasteiger partial charge on any atom is -0.467 e. The van der Waals surface area contributed by atoms with Crippen molar-refractivity contribution in [2.45, 2.75) is 39.2 Å². The van der Waals surface area contributed by atoms with Crippen LogP contribution in [0.2, 0.25) is 0 Å². The van der Waals surface area contributed by atoms with Gasteiger partial charge in [0.1, 0.15) is 22.8 Å². The van der Waals surface area contributed by atoms with Crippen molar-refractivity contribution in [1.82, 2.24) is 4.57 Å². The predicted octanol–water partition coefficient (Wildman–Crippen LogP) is 3.00. The molecule has 0 unspecified atom stereocenters. The smallest absolute Gasteiger partial charge is 0.273 e. The maximum absolute atomic E-state index is 12.2. The minimum absolute atomic E-state index is 0.109. The van der Waals surface area contributed by atoms with Crippen molar-refractivity contribution in [3.63, 3.8) is 0 Å². The van der Waals surface area contributed by atoms with Gasteiger partial charge in [-0.05, 0) is 36.1 Å². The number of hydrogen-bond acceptors (Lipinski definition) is 6. The first kappa shape index (κ1) is 18.7. The zero-order valence-electron chi connectivity index (χ0n) is 15.8. The van der Waals surface area contributed by atoms with Gasteiger partial charge in [0.25, 0.3) is 16.4 Å². The van der Waals surface area contributed by atoms with Crippen molar-refractivity contribution in [2.75, 3.05) is 10.6 Å². The van der Waals surface area contributed by atoms with Crippen LogP contribution in [0.1, 0.15) is 50.5 Å². The monoisotopic (exact) mass is 369 g/mol. The Hall–Kier alpha value is -3.09. The molecule has 1 aromatic carbocycles. The topological polar surface area (TPSA) is 93.3 Å². The van der Waals surface area contributed by atoms with Gasteiger partial charge < -0.3 is 19.6 Å². The van der Waals surface area contributed by atoms with E-state index in [1.54, 1.807) is 31.6 Å². The van der Waals surface area contributed by atoms with Crippen LogP contribution >= 0.6 is 0 Å². The molecule has 2 aromatic heterocycles. The van der Waals surface area contributed by atoms with Gasteiger partial charge in [0, 0.05) is 13.2 Å². The van der Waals surface area contributed by atoms with Gasteiger partial charge in [0.15, 0.2) is 0 Å². The highest BCUT2D eigenvalue weighted by Gasteiger charge is 2.25. The summed E-state index contributed by atoms with van der Waals surface area (Å²) >= 11 is 0. The van der Waals surface area contributed by atoms with Gasteiger partial charge in [0.05, 0.1) is 12.3 Å². The molecule has 7 nitrogen and oxygen atoms in total. The molecule has 0 aliphatic carbocycles. The number of nitrogens with zero attached hydrogens (tertiary/aromatic N) is 1. The minimum atomic E-state index is -0.638. The molecule has 0 fully saturated rings. The predicted molar refractivity (Wildman–Crippen MR) is 106 cm³/mol. The molecular weight excluding hydrogens is 346 g/mol. The first-order valence-corrected chi connectivity index (χ1v) is 8.94. The Labute approximate surface area is 156 Å². The summed E-state index contributed by atoms with van der Waals surface area (Å²) in [5.74, 6) is 1.04. The second kappa shape index (κ2) is 7.26. The molecule has 0 saturated heterocycles. The fourth-order valence-electron chi connectivity index (χ4n) is 2.88. The summed E-state index contributed by atoms with van der Waals surface area (Å²) in [7, 11) is 1.62. The van der Waals surface area contributed by atoms with E-state index >= 15 is 0 Å². The Balaban J connectivity index is 1.88. The molecule has 142 valence electrons. The molecule has 0 saturated carbocycles. The molecular formula is C20H23N3O4. The molecule has 2 N–H and O–H groups in total. The van der Waals surface area contributed by atoms with Gasteiger partial charge in [-0.15, -0.1) is 0 Å². The van der Waals surface area contributed by atoms with Gasteiger partial charge in [0.2, 0.25) is 0 Å². The van der Waals surface area contributed by atoms with E-state index in [2.05, 4.69) is 24.5 Å². The average molecular weight is 369 g/mol. The maximum Gasteiger partial charge on any atom is 0.273 e. The van der Waals surface area contributed by atoms with E-state index in [0.717, 1.165) is 5.56 Å². The van der Waals surface area contributed by atoms with Gasteiger partial charge in [-0.3, -0.25) is 14.4 Å². The lowest BCUT2D eigenvalue weighted by Gasteiger charge is -2.20. The Kier molecular flexibility index (Phi) is 5.03. The Morgan fingerprint density at radius 3 is 2.48 bits per heavy atom. The summed E-state index contributed by atoms with van der Waals surface area (Å²) in [6.07, 6.45) is 3.99. The number of furan rings is 1. The summed E-state index contributed by atoms with van der Waals surface area (Å²) in [4.78, 5) is 36.3. The van der Waals surface area contributed by atoms with E-state index in [0.29, 0.717) is 18.1 Å². The zero-order chi connectivity index (χ0) is 19.7. The highest BCUT2D eigenvalue weighted by atomic mass is 16.3. The van der Waals surface area contributed by atoms with E-state index in [-0.39, 0.29) is 28.7 Å². The summed E-state index contributed by atoms with van der Waals surface area (Å²) in [6.45, 7) is 6.10. The van der Waals surface area contributed by atoms with Crippen LogP contribution in [-0.2, 0) is 7.05 Å². The first-order valence-electron chi connectivity index (χ1n) is 8.94. The molecule has 0 bridgehead atoms. The number of anilines is 3. The Bertz CT molecular complexity index is 1080. The lowest BCUT2D eigenvalue weighted by atomic mass is 10.0. The highest BCUT2D eigenvalue weighted by Crippen LogP contribution is 2.29. The molecule has 2 heterocycles. The van der Waals surface area contributed by atoms with Gasteiger partial charge in [-0.2, -0.15) is 0 Å². The molecule has 0 amide bonds. The van der Waals surface area contributed by atoms with Gasteiger partial charge in [-0.1, -0.05) is 20.8 Å². The molecule has 7 heteroatoms. The Morgan fingerprint density at radius 2 is 1.85 bits per heavy atom. The van der Waals surface area contributed by atoms with Crippen LogP contribution in [0.25, 0.3) is 0 Å². The normalized spacial score (nSPS) is 12.5. The molecule has 3 aromatic rings. The van der Waals surface area contributed by atoms with E-state index in [1.165, 1.54) is 4.57 Å². The second-order valence-electron chi connectivity index (χ2n) is 6.91. The number of rotatable bonds is 7. The summed E-state index contributed by atoms with van der Waals surface area (Å²) in [5.41, 5.74) is 0.0818. The van der Waals surface area contributed by atoms with Crippen molar-refractivity contribution in [2.24, 2.45) is 7.05 Å². The molecule has 0 spiro atoms. The lowest BCUT2D eigenvalue weighted by Crippen LogP contribution is -2.38. The number of aromatic nitrogens is 1. The third kappa shape index (κ3) is 3.45. The van der Waals surface area contributed by atoms with E-state index in [4.69, 9.17) is 4.42 Å². The van der Waals surface area contributed by atoms with Crippen LogP contribution in [-0.4, -0.2) is 4.57 Å². The van der Waals surface area contributed by atoms with Crippen LogP contribution in [0.15, 0.2) is 49.5 Å². The van der Waals surface area contributed by atoms with Crippen molar-refractivity contribution in [1.29, 1.82) is 0 Å². The quantitative estimate of drug-likeness (QED) is 0.622. The number of hydrogen-bond donors (Lipinski definition) is 2. The Morgan fingerprint density at radius 1 is 1.15 bits per heavy atom. The van der Waals surface area contributed by atoms with E-state index in [1.807, 2.05) is 13.0 Å². The van der Waals surface area contributed by atoms with Crippen LogP contribution in [0.5, 0.6) is 0 Å². The van der Waals surface area contributed by atoms with Gasteiger partial charge >= 0.3 is 0 Å². The van der Waals surface area contributed by atoms with E-state index in [9.17, 15) is 14.4 Å². The average Bonchev–Trinajstić information content (AvgIpc) is 3.14. The maximum atomic E-state index is 12.2. The van der Waals surface area contributed by atoms with Crippen molar-refractivity contribution < 1.29 is 4.42 Å². The van der Waals surface area contributed by atoms with Crippen LogP contribution in [0, 0.1) is 0 Å². The van der Waals surface area contributed by atoms with Crippen LogP contribution in [0.3, 0.4) is 0 Å². The SMILES string of the molecule is CC[C@@H](Nc1c(Nc2cccn(C)c2=O)c(=O)c1=O)c1cc(C(C)C)co1. The number of nitrogens with one attached hydrogen (secondary N) is 2. The van der Waals surface area contributed by atoms with E-state index < -0.39 is 10.9 Å². The molecule has 3 rings (SSSR count). The van der Waals surface area contributed by atoms with Crippen LogP contribution < -0.4 is 27.1 Å². The molecule has 27 heavy (non-hydrogen) atoms. The number of aryl methyl sites for hydroxylation is 1. The number of pyridine rings is 1. The standard InChI is InChI=1S/C20H23N3O4/c1-5-13(15-9-12(10-27-15)11(2)3)21-16-17(19(25)18(16)24)22-14-7-6-8-23(4)20(14)26/h6-11,13,21-22H,5H2,1-4H3/t13-/m1/s1. The second-order valence-corrected chi connectivity index (χ2v) is 6.91. The summed E-state index contributed by atoms with van der Waals surface area (Å²) in [6, 6.07) is 4.96. The lowest BCUT2D eigenvalue weighted by molar-refractivity contribution is 0.472. The largest absolute Gasteiger partial charge is 0.467 e. The summed E-state index contributed by atoms with van der Waals surface area (Å²) < 4.78 is 7.04. The zero-order valence-corrected chi connectivity index (χ0v) is 15.8. The van der Waals surface area contributed by atoms with Crippen molar-refractivity contribution >= 4 is 17.1 Å². The third-order valence-corrected chi connectivity index (χ3v) is 4.67. The van der Waals surface area contributed by atoms with Gasteiger partial charge in [-0.25, -0.2) is 0 Å². The fourth-order valence-corrected chi connectivity index (χ4v) is 2.88. The highest BCUT2D eigenvalue weighted by molar-refractivity contribution is 5.78. The third-order valence-electron chi connectivity index (χ3n) is 4.67. The summed E-state index contributed by atoms with van der Waals surface area (Å²) in [5, 5.41) is 5.91. The molecule has 0 aliphatic rings. The van der Waals surface area contributed by atoms with Crippen LogP contribution in [0.4, 0.5) is 17.1 Å². The first-order chi connectivity index (χ1) is 12.8. The molecule has 0 aliphatic heterocycles. The molecule has 1 atom stereocenters. The molecule has 0 radical (unpaired) electrons. The van der Waals surface area contributed by atoms with Crippen molar-refractivity contribution in [3.05, 3.63) is 72.8 Å². The fraction of sp³-hybridized carbons (Fsp3) is 0.350.